The number of thiazole rings is 1. The van der Waals surface area contributed by atoms with E-state index in [9.17, 15) is 4.79 Å². The van der Waals surface area contributed by atoms with Crippen LogP contribution >= 0.6 is 11.3 Å². The molecule has 5 nitrogen and oxygen atoms in total. The molecule has 3 aromatic rings. The highest BCUT2D eigenvalue weighted by molar-refractivity contribution is 7.22. The number of hydrogen-bond donors (Lipinski definition) is 0. The van der Waals surface area contributed by atoms with E-state index >= 15 is 0 Å². The van der Waals surface area contributed by atoms with E-state index in [4.69, 9.17) is 4.98 Å². The summed E-state index contributed by atoms with van der Waals surface area (Å²) in [6, 6.07) is 12.0. The molecule has 0 spiro atoms. The second kappa shape index (κ2) is 5.70. The molecule has 118 valence electrons. The summed E-state index contributed by atoms with van der Waals surface area (Å²) in [6.45, 7) is 3.13. The maximum absolute atomic E-state index is 12.5. The number of aryl methyl sites for hydroxylation is 1. The van der Waals surface area contributed by atoms with Crippen LogP contribution in [0.25, 0.3) is 10.2 Å². The summed E-state index contributed by atoms with van der Waals surface area (Å²) in [4.78, 5) is 21.5. The Morgan fingerprint density at radius 3 is 2.57 bits per heavy atom. The van der Waals surface area contributed by atoms with E-state index in [-0.39, 0.29) is 5.91 Å². The number of benzene rings is 1. The van der Waals surface area contributed by atoms with Gasteiger partial charge < -0.3 is 14.4 Å². The fourth-order valence-electron chi connectivity index (χ4n) is 2.94. The average Bonchev–Trinajstić information content (AvgIpc) is 3.20. The third kappa shape index (κ3) is 2.59. The first kappa shape index (κ1) is 14.3. The van der Waals surface area contributed by atoms with Crippen molar-refractivity contribution >= 4 is 32.6 Å². The fraction of sp³-hybridized carbons (Fsp3) is 0.294. The summed E-state index contributed by atoms with van der Waals surface area (Å²) in [7, 11) is 1.91. The zero-order valence-electron chi connectivity index (χ0n) is 13.0. The highest BCUT2D eigenvalue weighted by Crippen LogP contribution is 2.29. The summed E-state index contributed by atoms with van der Waals surface area (Å²) < 4.78 is 3.09. The number of para-hydroxylation sites is 1. The number of carbonyl (C=O) groups is 1. The Morgan fingerprint density at radius 2 is 1.87 bits per heavy atom. The van der Waals surface area contributed by atoms with Gasteiger partial charge in [0.05, 0.1) is 10.2 Å². The molecule has 0 radical (unpaired) electrons. The van der Waals surface area contributed by atoms with Crippen LogP contribution in [-0.4, -0.2) is 46.5 Å². The Bertz CT molecular complexity index is 812. The maximum Gasteiger partial charge on any atom is 0.270 e. The van der Waals surface area contributed by atoms with Gasteiger partial charge in [-0.2, -0.15) is 0 Å². The molecule has 1 fully saturated rings. The van der Waals surface area contributed by atoms with Gasteiger partial charge in [0.2, 0.25) is 0 Å². The lowest BCUT2D eigenvalue weighted by molar-refractivity contribution is 0.0737. The minimum Gasteiger partial charge on any atom is -0.347 e. The van der Waals surface area contributed by atoms with Gasteiger partial charge in [-0.25, -0.2) is 4.98 Å². The summed E-state index contributed by atoms with van der Waals surface area (Å²) >= 11 is 1.72. The minimum absolute atomic E-state index is 0.112. The van der Waals surface area contributed by atoms with Crippen molar-refractivity contribution in [2.75, 3.05) is 31.1 Å². The van der Waals surface area contributed by atoms with Crippen LogP contribution in [0.5, 0.6) is 0 Å². The molecule has 4 rings (SSSR count). The normalized spacial score (nSPS) is 15.3. The molecule has 2 aromatic heterocycles. The standard InChI is InChI=1S/C17H18N4OS/c1-19-8-4-6-14(19)16(22)20-9-11-21(12-10-20)17-18-13-5-2-3-7-15(13)23-17/h2-8H,9-12H2,1H3. The van der Waals surface area contributed by atoms with Gasteiger partial charge in [0, 0.05) is 39.4 Å². The second-order valence-electron chi connectivity index (χ2n) is 5.75. The van der Waals surface area contributed by atoms with E-state index < -0.39 is 0 Å². The first-order valence-corrected chi connectivity index (χ1v) is 8.55. The zero-order valence-corrected chi connectivity index (χ0v) is 13.8. The Labute approximate surface area is 138 Å². The lowest BCUT2D eigenvalue weighted by Gasteiger charge is -2.34. The van der Waals surface area contributed by atoms with E-state index in [1.165, 1.54) is 4.70 Å². The van der Waals surface area contributed by atoms with Crippen molar-refractivity contribution in [3.63, 3.8) is 0 Å². The molecular weight excluding hydrogens is 308 g/mol. The zero-order chi connectivity index (χ0) is 15.8. The molecule has 1 aliphatic rings. The fourth-order valence-corrected chi connectivity index (χ4v) is 3.96. The summed E-state index contributed by atoms with van der Waals surface area (Å²) in [5, 5.41) is 1.05. The Kier molecular flexibility index (Phi) is 3.53. The van der Waals surface area contributed by atoms with Crippen LogP contribution in [0.4, 0.5) is 5.13 Å². The number of anilines is 1. The van der Waals surface area contributed by atoms with Gasteiger partial charge in [-0.15, -0.1) is 0 Å². The first-order valence-electron chi connectivity index (χ1n) is 7.73. The lowest BCUT2D eigenvalue weighted by atomic mass is 10.3. The van der Waals surface area contributed by atoms with Gasteiger partial charge in [-0.3, -0.25) is 4.79 Å². The lowest BCUT2D eigenvalue weighted by Crippen LogP contribution is -2.49. The molecule has 6 heteroatoms. The average molecular weight is 326 g/mol. The van der Waals surface area contributed by atoms with Gasteiger partial charge in [-0.05, 0) is 24.3 Å². The summed E-state index contributed by atoms with van der Waals surface area (Å²) in [5.41, 5.74) is 1.80. The number of amides is 1. The van der Waals surface area contributed by atoms with Crippen LogP contribution in [-0.2, 0) is 7.05 Å². The third-order valence-electron chi connectivity index (χ3n) is 4.28. The van der Waals surface area contributed by atoms with E-state index in [1.807, 2.05) is 53.0 Å². The van der Waals surface area contributed by atoms with Crippen LogP contribution in [0.15, 0.2) is 42.6 Å². The highest BCUT2D eigenvalue weighted by Gasteiger charge is 2.24. The smallest absolute Gasteiger partial charge is 0.270 e. The van der Waals surface area contributed by atoms with Crippen molar-refractivity contribution in [2.45, 2.75) is 0 Å². The highest BCUT2D eigenvalue weighted by atomic mass is 32.1. The summed E-state index contributed by atoms with van der Waals surface area (Å²) in [6.07, 6.45) is 1.91. The van der Waals surface area contributed by atoms with Crippen molar-refractivity contribution < 1.29 is 4.79 Å². The van der Waals surface area contributed by atoms with Crippen LogP contribution in [0, 0.1) is 0 Å². The van der Waals surface area contributed by atoms with Crippen LogP contribution < -0.4 is 4.90 Å². The topological polar surface area (TPSA) is 41.4 Å². The molecule has 0 N–H and O–H groups in total. The molecule has 3 heterocycles. The number of fused-ring (bicyclic) bond motifs is 1. The molecule has 23 heavy (non-hydrogen) atoms. The predicted octanol–water partition coefficient (Wildman–Crippen LogP) is 2.60. The largest absolute Gasteiger partial charge is 0.347 e. The number of carbonyl (C=O) groups excluding carboxylic acids is 1. The Hall–Kier alpha value is -2.34. The quantitative estimate of drug-likeness (QED) is 0.727. The minimum atomic E-state index is 0.112. The van der Waals surface area contributed by atoms with Crippen molar-refractivity contribution in [1.82, 2.24) is 14.5 Å². The second-order valence-corrected chi connectivity index (χ2v) is 6.76. The number of aromatic nitrogens is 2. The molecule has 1 aromatic carbocycles. The monoisotopic (exact) mass is 326 g/mol. The molecule has 0 unspecified atom stereocenters. The van der Waals surface area contributed by atoms with Gasteiger partial charge in [0.25, 0.3) is 5.91 Å². The van der Waals surface area contributed by atoms with E-state index in [1.54, 1.807) is 11.3 Å². The number of rotatable bonds is 2. The van der Waals surface area contributed by atoms with Crippen molar-refractivity contribution in [3.8, 4) is 0 Å². The number of piperazine rings is 1. The van der Waals surface area contributed by atoms with E-state index in [0.29, 0.717) is 0 Å². The van der Waals surface area contributed by atoms with Gasteiger partial charge in [-0.1, -0.05) is 23.5 Å². The van der Waals surface area contributed by atoms with Crippen LogP contribution in [0.1, 0.15) is 10.5 Å². The molecule has 1 amide bonds. The predicted molar refractivity (Wildman–Crippen MR) is 93.1 cm³/mol. The molecule has 1 aliphatic heterocycles. The van der Waals surface area contributed by atoms with Crippen LogP contribution in [0.3, 0.4) is 0 Å². The Morgan fingerprint density at radius 1 is 1.09 bits per heavy atom. The summed E-state index contributed by atoms with van der Waals surface area (Å²) in [5.74, 6) is 0.112. The van der Waals surface area contributed by atoms with E-state index in [2.05, 4.69) is 11.0 Å². The van der Waals surface area contributed by atoms with E-state index in [0.717, 1.165) is 42.5 Å². The van der Waals surface area contributed by atoms with Gasteiger partial charge >= 0.3 is 0 Å². The molecular formula is C17H18N4OS. The van der Waals surface area contributed by atoms with Crippen molar-refractivity contribution in [3.05, 3.63) is 48.3 Å². The third-order valence-corrected chi connectivity index (χ3v) is 5.38. The number of nitrogens with zero attached hydrogens (tertiary/aromatic N) is 4. The molecule has 0 aliphatic carbocycles. The molecule has 0 saturated carbocycles. The molecule has 0 bridgehead atoms. The SMILES string of the molecule is Cn1cccc1C(=O)N1CCN(c2nc3ccccc3s2)CC1. The molecule has 0 atom stereocenters. The van der Waals surface area contributed by atoms with Gasteiger partial charge in [0.15, 0.2) is 5.13 Å². The Balaban J connectivity index is 1.46. The first-order chi connectivity index (χ1) is 11.2. The van der Waals surface area contributed by atoms with Crippen LogP contribution in [0.2, 0.25) is 0 Å². The number of hydrogen-bond acceptors (Lipinski definition) is 4. The van der Waals surface area contributed by atoms with Crippen molar-refractivity contribution in [2.24, 2.45) is 7.05 Å². The maximum atomic E-state index is 12.5. The van der Waals surface area contributed by atoms with Crippen molar-refractivity contribution in [1.29, 1.82) is 0 Å². The molecule has 1 saturated heterocycles. The van der Waals surface area contributed by atoms with Gasteiger partial charge in [0.1, 0.15) is 5.69 Å².